The van der Waals surface area contributed by atoms with Gasteiger partial charge in [0.25, 0.3) is 0 Å². The monoisotopic (exact) mass is 610 g/mol. The highest BCUT2D eigenvalue weighted by atomic mass is 16.6. The highest BCUT2D eigenvalue weighted by Crippen LogP contribution is 2.07. The molecule has 0 saturated carbocycles. The summed E-state index contributed by atoms with van der Waals surface area (Å²) in [5.41, 5.74) is 9.67. The third-order valence-electron chi connectivity index (χ3n) is 4.82. The van der Waals surface area contributed by atoms with Crippen molar-refractivity contribution in [3.63, 3.8) is 0 Å². The molecular formula is C31H54N4O8. The number of carbonyl (C=O) groups is 5. The maximum atomic E-state index is 11.2. The molecule has 1 aromatic carbocycles. The minimum atomic E-state index is -0.462. The molecule has 43 heavy (non-hydrogen) atoms. The van der Waals surface area contributed by atoms with Crippen molar-refractivity contribution in [1.29, 1.82) is 0 Å². The largest absolute Gasteiger partial charge is 0.462 e. The summed E-state index contributed by atoms with van der Waals surface area (Å²) in [7, 11) is 0. The maximum Gasteiger partial charge on any atom is 0.407 e. The Morgan fingerprint density at radius 2 is 1.05 bits per heavy atom. The molecule has 0 aromatic heterocycles. The number of alkyl carbamates (subject to hydrolysis) is 2. The predicted octanol–water partition coefficient (Wildman–Crippen LogP) is 4.98. The number of esters is 1. The first-order valence-corrected chi connectivity index (χ1v) is 14.7. The number of benzene rings is 1. The van der Waals surface area contributed by atoms with Gasteiger partial charge in [-0.3, -0.25) is 9.59 Å². The van der Waals surface area contributed by atoms with E-state index in [1.165, 1.54) is 0 Å². The van der Waals surface area contributed by atoms with E-state index in [1.807, 2.05) is 59.7 Å². The molecule has 12 nitrogen and oxygen atoms in total. The van der Waals surface area contributed by atoms with E-state index < -0.39 is 23.4 Å². The van der Waals surface area contributed by atoms with E-state index in [1.54, 1.807) is 19.1 Å². The lowest BCUT2D eigenvalue weighted by Crippen LogP contribution is -2.33. The quantitative estimate of drug-likeness (QED) is 0.129. The third-order valence-corrected chi connectivity index (χ3v) is 4.82. The average Bonchev–Trinajstić information content (AvgIpc) is 2.87. The molecule has 1 rings (SSSR count). The highest BCUT2D eigenvalue weighted by molar-refractivity contribution is 5.89. The van der Waals surface area contributed by atoms with Crippen LogP contribution in [0.4, 0.5) is 9.59 Å². The van der Waals surface area contributed by atoms with Gasteiger partial charge in [0.2, 0.25) is 11.8 Å². The molecule has 0 spiro atoms. The molecule has 0 atom stereocenters. The van der Waals surface area contributed by atoms with Crippen LogP contribution in [-0.4, -0.2) is 60.9 Å². The second-order valence-electron chi connectivity index (χ2n) is 11.5. The molecular weight excluding hydrogens is 556 g/mol. The van der Waals surface area contributed by atoms with Gasteiger partial charge in [-0.25, -0.2) is 14.4 Å². The summed E-state index contributed by atoms with van der Waals surface area (Å²) in [6.07, 6.45) is 4.95. The summed E-state index contributed by atoms with van der Waals surface area (Å²) in [5.74, 6) is -0.812. The van der Waals surface area contributed by atoms with E-state index in [-0.39, 0.29) is 17.8 Å². The number of primary amides is 2. The van der Waals surface area contributed by atoms with Crippen LogP contribution in [0.5, 0.6) is 0 Å². The second-order valence-corrected chi connectivity index (χ2v) is 11.5. The van der Waals surface area contributed by atoms with Crippen LogP contribution in [0.15, 0.2) is 30.3 Å². The van der Waals surface area contributed by atoms with Gasteiger partial charge in [0, 0.05) is 25.9 Å². The van der Waals surface area contributed by atoms with Crippen molar-refractivity contribution in [3.05, 3.63) is 35.9 Å². The Morgan fingerprint density at radius 3 is 1.37 bits per heavy atom. The number of nitrogens with two attached hydrogens (primary N) is 2. The first kappa shape index (κ1) is 41.3. The lowest BCUT2D eigenvalue weighted by atomic mass is 10.2. The van der Waals surface area contributed by atoms with Gasteiger partial charge in [0.05, 0.1) is 12.2 Å². The van der Waals surface area contributed by atoms with Crippen molar-refractivity contribution in [1.82, 2.24) is 10.6 Å². The number of nitrogens with one attached hydrogen (secondary N) is 2. The van der Waals surface area contributed by atoms with Crippen LogP contribution in [0.2, 0.25) is 0 Å². The number of ether oxygens (including phenoxy) is 3. The zero-order valence-electron chi connectivity index (χ0n) is 27.1. The maximum absolute atomic E-state index is 11.2. The number of hydrogen-bond donors (Lipinski definition) is 4. The average molecular weight is 611 g/mol. The van der Waals surface area contributed by atoms with Gasteiger partial charge in [-0.1, -0.05) is 31.0 Å². The van der Waals surface area contributed by atoms with Gasteiger partial charge >= 0.3 is 18.2 Å². The van der Waals surface area contributed by atoms with Crippen LogP contribution in [0.25, 0.3) is 0 Å². The summed E-state index contributed by atoms with van der Waals surface area (Å²) in [6.45, 7) is 14.3. The molecule has 0 saturated heterocycles. The molecule has 12 heteroatoms. The molecule has 6 N–H and O–H groups in total. The fourth-order valence-electron chi connectivity index (χ4n) is 3.00. The Kier molecular flexibility index (Phi) is 22.8. The van der Waals surface area contributed by atoms with E-state index in [2.05, 4.69) is 10.6 Å². The van der Waals surface area contributed by atoms with Crippen molar-refractivity contribution in [2.75, 3.05) is 19.7 Å². The fourth-order valence-corrected chi connectivity index (χ4v) is 3.00. The molecule has 0 unspecified atom stereocenters. The molecule has 1 aromatic rings. The highest BCUT2D eigenvalue weighted by Gasteiger charge is 2.16. The van der Waals surface area contributed by atoms with E-state index in [0.29, 0.717) is 38.1 Å². The fraction of sp³-hybridized carbons (Fsp3) is 0.645. The number of amides is 4. The number of carbonyl (C=O) groups excluding carboxylic acids is 5. The Labute approximate surface area is 256 Å². The third kappa shape index (κ3) is 32.5. The Morgan fingerprint density at radius 1 is 0.651 bits per heavy atom. The molecule has 246 valence electrons. The van der Waals surface area contributed by atoms with E-state index in [0.717, 1.165) is 38.5 Å². The van der Waals surface area contributed by atoms with Crippen molar-refractivity contribution < 1.29 is 38.2 Å². The van der Waals surface area contributed by atoms with Gasteiger partial charge < -0.3 is 36.3 Å². The predicted molar refractivity (Wildman–Crippen MR) is 166 cm³/mol. The first-order valence-electron chi connectivity index (χ1n) is 14.7. The molecule has 4 amide bonds. The zero-order valence-corrected chi connectivity index (χ0v) is 27.1. The van der Waals surface area contributed by atoms with Crippen molar-refractivity contribution in [2.45, 2.75) is 111 Å². The second kappa shape index (κ2) is 23.7. The normalized spacial score (nSPS) is 10.5. The minimum absolute atomic E-state index is 0.256. The van der Waals surface area contributed by atoms with Crippen LogP contribution in [-0.2, 0) is 23.8 Å². The van der Waals surface area contributed by atoms with Crippen LogP contribution in [0, 0.1) is 0 Å². The Hall–Kier alpha value is -3.83. The SMILES string of the molecule is CC(C)(C)OC(=O)NCCCCCC(N)=O.CC(C)(C)OC(=O)NCCCCCC(N)=O.CCOC(=O)c1ccccc1. The van der Waals surface area contributed by atoms with Crippen LogP contribution >= 0.6 is 0 Å². The molecule has 0 aliphatic heterocycles. The summed E-state index contributed by atoms with van der Waals surface area (Å²) < 4.78 is 14.9. The molecule has 0 bridgehead atoms. The molecule has 0 fully saturated rings. The summed E-state index contributed by atoms with van der Waals surface area (Å²) >= 11 is 0. The molecule has 0 aliphatic rings. The summed E-state index contributed by atoms with van der Waals surface area (Å²) in [4.78, 5) is 54.3. The summed E-state index contributed by atoms with van der Waals surface area (Å²) in [6, 6.07) is 8.96. The first-order chi connectivity index (χ1) is 20.0. The van der Waals surface area contributed by atoms with Crippen molar-refractivity contribution >= 4 is 30.0 Å². The molecule has 0 radical (unpaired) electrons. The van der Waals surface area contributed by atoms with Gasteiger partial charge in [-0.2, -0.15) is 0 Å². The van der Waals surface area contributed by atoms with Crippen molar-refractivity contribution in [2.24, 2.45) is 11.5 Å². The van der Waals surface area contributed by atoms with Crippen molar-refractivity contribution in [3.8, 4) is 0 Å². The topological polar surface area (TPSA) is 189 Å². The van der Waals surface area contributed by atoms with E-state index in [4.69, 9.17) is 25.7 Å². The number of hydrogen-bond acceptors (Lipinski definition) is 8. The minimum Gasteiger partial charge on any atom is -0.462 e. The molecule has 0 heterocycles. The smallest absolute Gasteiger partial charge is 0.407 e. The van der Waals surface area contributed by atoms with E-state index >= 15 is 0 Å². The number of rotatable bonds is 14. The van der Waals surface area contributed by atoms with Crippen LogP contribution in [0.3, 0.4) is 0 Å². The van der Waals surface area contributed by atoms with Gasteiger partial charge in [0.1, 0.15) is 11.2 Å². The lowest BCUT2D eigenvalue weighted by molar-refractivity contribution is -0.119. The van der Waals surface area contributed by atoms with Gasteiger partial charge in [-0.15, -0.1) is 0 Å². The Bertz CT molecular complexity index is 891. The van der Waals surface area contributed by atoms with Crippen LogP contribution in [0.1, 0.15) is 110 Å². The van der Waals surface area contributed by atoms with Gasteiger partial charge in [0.15, 0.2) is 0 Å². The standard InChI is InChI=1S/2C11H22N2O3.C9H10O2/c2*1-11(2,3)16-10(15)13-8-6-4-5-7-9(12)14;1-2-11-9(10)8-6-4-3-5-7-8/h2*4-8H2,1-3H3,(H2,12,14)(H,13,15);3-7H,2H2,1H3. The van der Waals surface area contributed by atoms with E-state index in [9.17, 15) is 24.0 Å². The van der Waals surface area contributed by atoms with Crippen LogP contribution < -0.4 is 22.1 Å². The number of unbranched alkanes of at least 4 members (excludes halogenated alkanes) is 4. The Balaban J connectivity index is 0. The van der Waals surface area contributed by atoms with Gasteiger partial charge in [-0.05, 0) is 86.3 Å². The zero-order chi connectivity index (χ0) is 33.3. The summed E-state index contributed by atoms with van der Waals surface area (Å²) in [5, 5.41) is 5.30. The molecule has 0 aliphatic carbocycles. The lowest BCUT2D eigenvalue weighted by Gasteiger charge is -2.19.